The number of carbonyl (C=O) groups excluding carboxylic acids is 2. The molecule has 0 saturated heterocycles. The summed E-state index contributed by atoms with van der Waals surface area (Å²) in [5.41, 5.74) is -1.34. The van der Waals surface area contributed by atoms with Gasteiger partial charge in [-0.15, -0.1) is 0 Å². The summed E-state index contributed by atoms with van der Waals surface area (Å²) in [7, 11) is 0. The van der Waals surface area contributed by atoms with Crippen LogP contribution in [0.2, 0.25) is 0 Å². The molecule has 154 valence electrons. The molecule has 0 saturated carbocycles. The van der Waals surface area contributed by atoms with Gasteiger partial charge in [-0.2, -0.15) is 0 Å². The van der Waals surface area contributed by atoms with Gasteiger partial charge < -0.3 is 28.4 Å². The van der Waals surface area contributed by atoms with Crippen LogP contribution in [-0.4, -0.2) is 78.0 Å². The Balaban J connectivity index is 4.01. The van der Waals surface area contributed by atoms with Crippen molar-refractivity contribution in [3.63, 3.8) is 0 Å². The Morgan fingerprint density at radius 3 is 1.31 bits per heavy atom. The van der Waals surface area contributed by atoms with E-state index in [0.29, 0.717) is 39.6 Å². The Morgan fingerprint density at radius 2 is 0.962 bits per heavy atom. The lowest BCUT2D eigenvalue weighted by Gasteiger charge is -2.23. The number of esters is 2. The Labute approximate surface area is 156 Å². The average Bonchev–Trinajstić information content (AvgIpc) is 2.65. The molecule has 0 aromatic carbocycles. The highest BCUT2D eigenvalue weighted by Gasteiger charge is 2.42. The summed E-state index contributed by atoms with van der Waals surface area (Å²) in [6.07, 6.45) is 0.279. The quantitative estimate of drug-likeness (QED) is 0.214. The molecule has 0 aliphatic heterocycles. The minimum Gasteiger partial charge on any atom is -0.462 e. The minimum absolute atomic E-state index is 0.0777. The van der Waals surface area contributed by atoms with E-state index >= 15 is 0 Å². The second kappa shape index (κ2) is 16.0. The van der Waals surface area contributed by atoms with Crippen molar-refractivity contribution in [1.29, 1.82) is 0 Å². The van der Waals surface area contributed by atoms with Crippen molar-refractivity contribution in [1.82, 2.24) is 0 Å². The Bertz CT molecular complexity index is 342. The van der Waals surface area contributed by atoms with Gasteiger partial charge in [-0.1, -0.05) is 6.92 Å². The van der Waals surface area contributed by atoms with Crippen LogP contribution < -0.4 is 0 Å². The summed E-state index contributed by atoms with van der Waals surface area (Å²) in [6, 6.07) is 0. The lowest BCUT2D eigenvalue weighted by Crippen LogP contribution is -2.39. The van der Waals surface area contributed by atoms with Crippen molar-refractivity contribution in [2.45, 2.75) is 34.1 Å². The van der Waals surface area contributed by atoms with Crippen molar-refractivity contribution < 1.29 is 38.0 Å². The molecule has 0 N–H and O–H groups in total. The van der Waals surface area contributed by atoms with Gasteiger partial charge in [0.15, 0.2) is 5.41 Å². The highest BCUT2D eigenvalue weighted by molar-refractivity contribution is 5.99. The molecule has 0 spiro atoms. The molecule has 0 aliphatic carbocycles. The van der Waals surface area contributed by atoms with E-state index in [1.807, 2.05) is 13.8 Å². The maximum Gasteiger partial charge on any atom is 0.323 e. The molecule has 0 aromatic heterocycles. The molecule has 0 fully saturated rings. The van der Waals surface area contributed by atoms with Gasteiger partial charge >= 0.3 is 11.9 Å². The molecule has 0 bridgehead atoms. The third-order valence-corrected chi connectivity index (χ3v) is 3.68. The van der Waals surface area contributed by atoms with Gasteiger partial charge in [0, 0.05) is 13.2 Å². The predicted molar refractivity (Wildman–Crippen MR) is 94.9 cm³/mol. The first-order valence-corrected chi connectivity index (χ1v) is 9.18. The Hall–Kier alpha value is -1.22. The summed E-state index contributed by atoms with van der Waals surface area (Å²) >= 11 is 0. The van der Waals surface area contributed by atoms with E-state index in [1.165, 1.54) is 6.92 Å². The van der Waals surface area contributed by atoms with Gasteiger partial charge in [-0.25, -0.2) is 0 Å². The zero-order valence-electron chi connectivity index (χ0n) is 16.5. The fourth-order valence-corrected chi connectivity index (χ4v) is 1.81. The smallest absolute Gasteiger partial charge is 0.323 e. The largest absolute Gasteiger partial charge is 0.462 e. The monoisotopic (exact) mass is 378 g/mol. The lowest BCUT2D eigenvalue weighted by molar-refractivity contribution is -0.173. The highest BCUT2D eigenvalue weighted by Crippen LogP contribution is 2.25. The first-order valence-electron chi connectivity index (χ1n) is 9.18. The normalized spacial score (nSPS) is 11.4. The fourth-order valence-electron chi connectivity index (χ4n) is 1.81. The number of rotatable bonds is 17. The predicted octanol–water partition coefficient (Wildman–Crippen LogP) is 1.60. The van der Waals surface area contributed by atoms with Crippen LogP contribution in [0.4, 0.5) is 0 Å². The number of carbonyl (C=O) groups is 2. The Kier molecular flexibility index (Phi) is 15.2. The third-order valence-electron chi connectivity index (χ3n) is 3.68. The number of ether oxygens (including phenoxy) is 6. The first-order chi connectivity index (χ1) is 12.5. The number of hydrogen-bond donors (Lipinski definition) is 0. The van der Waals surface area contributed by atoms with Crippen LogP contribution in [0.25, 0.3) is 0 Å². The fraction of sp³-hybridized carbons (Fsp3) is 0.889. The molecule has 0 unspecified atom stereocenters. The van der Waals surface area contributed by atoms with Crippen LogP contribution in [0, 0.1) is 5.41 Å². The van der Waals surface area contributed by atoms with E-state index in [0.717, 1.165) is 0 Å². The maximum atomic E-state index is 12.2. The maximum absolute atomic E-state index is 12.2. The highest BCUT2D eigenvalue weighted by atomic mass is 16.6. The third kappa shape index (κ3) is 10.7. The molecule has 8 nitrogen and oxygen atoms in total. The summed E-state index contributed by atoms with van der Waals surface area (Å²) in [6.45, 7) is 10.8. The zero-order chi connectivity index (χ0) is 19.7. The van der Waals surface area contributed by atoms with Crippen molar-refractivity contribution >= 4 is 11.9 Å². The molecule has 26 heavy (non-hydrogen) atoms. The van der Waals surface area contributed by atoms with Gasteiger partial charge in [0.1, 0.15) is 13.2 Å². The SMILES string of the molecule is CCOCCOCCOC(=O)C(C)(CC)C(=O)OCCOCCOCC. The molecule has 0 rings (SSSR count). The average molecular weight is 378 g/mol. The van der Waals surface area contributed by atoms with Gasteiger partial charge in [0.25, 0.3) is 0 Å². The van der Waals surface area contributed by atoms with Crippen LogP contribution in [0.3, 0.4) is 0 Å². The summed E-state index contributed by atoms with van der Waals surface area (Å²) in [5, 5.41) is 0. The number of hydrogen-bond acceptors (Lipinski definition) is 8. The van der Waals surface area contributed by atoms with Gasteiger partial charge in [-0.3, -0.25) is 9.59 Å². The van der Waals surface area contributed by atoms with Crippen LogP contribution in [0.1, 0.15) is 34.1 Å². The van der Waals surface area contributed by atoms with Crippen LogP contribution in [0.5, 0.6) is 0 Å². The molecular weight excluding hydrogens is 344 g/mol. The summed E-state index contributed by atoms with van der Waals surface area (Å²) < 4.78 is 31.1. The van der Waals surface area contributed by atoms with Crippen molar-refractivity contribution in [2.24, 2.45) is 5.41 Å². The van der Waals surface area contributed by atoms with Crippen molar-refractivity contribution in [3.8, 4) is 0 Å². The lowest BCUT2D eigenvalue weighted by atomic mass is 9.88. The molecule has 0 aromatic rings. The van der Waals surface area contributed by atoms with Crippen molar-refractivity contribution in [3.05, 3.63) is 0 Å². The van der Waals surface area contributed by atoms with E-state index in [2.05, 4.69) is 0 Å². The second-order valence-corrected chi connectivity index (χ2v) is 5.58. The van der Waals surface area contributed by atoms with E-state index < -0.39 is 17.4 Å². The topological polar surface area (TPSA) is 89.5 Å². The van der Waals surface area contributed by atoms with Crippen LogP contribution >= 0.6 is 0 Å². The summed E-state index contributed by atoms with van der Waals surface area (Å²) in [4.78, 5) is 24.5. The minimum atomic E-state index is -1.34. The van der Waals surface area contributed by atoms with Crippen molar-refractivity contribution in [2.75, 3.05) is 66.1 Å². The standard InChI is InChI=1S/C18H34O8/c1-5-18(4,16(19)25-14-12-23-10-8-21-6-2)17(20)26-15-13-24-11-9-22-7-3/h5-15H2,1-4H3. The van der Waals surface area contributed by atoms with Crippen LogP contribution in [-0.2, 0) is 38.0 Å². The van der Waals surface area contributed by atoms with E-state index in [4.69, 9.17) is 28.4 Å². The Morgan fingerprint density at radius 1 is 0.615 bits per heavy atom. The van der Waals surface area contributed by atoms with Gasteiger partial charge in [0.2, 0.25) is 0 Å². The molecule has 0 aliphatic rings. The molecule has 0 atom stereocenters. The van der Waals surface area contributed by atoms with E-state index in [1.54, 1.807) is 6.92 Å². The van der Waals surface area contributed by atoms with Crippen LogP contribution in [0.15, 0.2) is 0 Å². The molecule has 8 heteroatoms. The summed E-state index contributed by atoms with van der Waals surface area (Å²) in [5.74, 6) is -1.23. The molecular formula is C18H34O8. The second-order valence-electron chi connectivity index (χ2n) is 5.58. The van der Waals surface area contributed by atoms with E-state index in [9.17, 15) is 9.59 Å². The van der Waals surface area contributed by atoms with Gasteiger partial charge in [0.05, 0.1) is 39.6 Å². The zero-order valence-corrected chi connectivity index (χ0v) is 16.5. The van der Waals surface area contributed by atoms with E-state index in [-0.39, 0.29) is 32.8 Å². The van der Waals surface area contributed by atoms with Gasteiger partial charge in [-0.05, 0) is 27.2 Å². The first kappa shape index (κ1) is 24.8. The molecule has 0 radical (unpaired) electrons. The molecule has 0 amide bonds. The molecule has 0 heterocycles.